The number of carbonyl (C=O) groups excluding carboxylic acids is 1. The summed E-state index contributed by atoms with van der Waals surface area (Å²) in [5.41, 5.74) is 1.14. The van der Waals surface area contributed by atoms with Crippen molar-refractivity contribution in [3.8, 4) is 0 Å². The summed E-state index contributed by atoms with van der Waals surface area (Å²) >= 11 is 0. The Labute approximate surface area is 127 Å². The van der Waals surface area contributed by atoms with Gasteiger partial charge in [-0.15, -0.1) is 0 Å². The fraction of sp³-hybridized carbons (Fsp3) is 0.611. The van der Waals surface area contributed by atoms with Crippen molar-refractivity contribution in [2.24, 2.45) is 5.92 Å². The van der Waals surface area contributed by atoms with Crippen molar-refractivity contribution < 1.29 is 9.90 Å². The van der Waals surface area contributed by atoms with Gasteiger partial charge < -0.3 is 10.4 Å². The molecule has 1 aliphatic carbocycles. The molecule has 1 aromatic rings. The lowest BCUT2D eigenvalue weighted by Crippen LogP contribution is -2.39. The minimum atomic E-state index is -0.175. The summed E-state index contributed by atoms with van der Waals surface area (Å²) in [6.07, 6.45) is 8.82. The van der Waals surface area contributed by atoms with E-state index in [2.05, 4.69) is 5.32 Å². The smallest absolute Gasteiger partial charge is 0.220 e. The van der Waals surface area contributed by atoms with Crippen LogP contribution in [0.3, 0.4) is 0 Å². The molecular formula is C18H27NO2. The van der Waals surface area contributed by atoms with E-state index in [0.29, 0.717) is 12.8 Å². The van der Waals surface area contributed by atoms with Crippen molar-refractivity contribution in [1.29, 1.82) is 0 Å². The molecule has 3 nitrogen and oxygen atoms in total. The van der Waals surface area contributed by atoms with Crippen LogP contribution in [-0.4, -0.2) is 23.7 Å². The predicted octanol–water partition coefficient (Wildman–Crippen LogP) is 3.07. The Balaban J connectivity index is 1.71. The first-order valence-electron chi connectivity index (χ1n) is 8.22. The maximum Gasteiger partial charge on any atom is 0.220 e. The Hall–Kier alpha value is -1.35. The van der Waals surface area contributed by atoms with E-state index in [9.17, 15) is 9.90 Å². The van der Waals surface area contributed by atoms with Crippen molar-refractivity contribution in [2.45, 2.75) is 57.4 Å². The summed E-state index contributed by atoms with van der Waals surface area (Å²) in [5.74, 6) is 0.807. The Morgan fingerprint density at radius 2 is 1.90 bits per heavy atom. The summed E-state index contributed by atoms with van der Waals surface area (Å²) in [6, 6.07) is 9.81. The number of carbonyl (C=O) groups is 1. The average Bonchev–Trinajstić information content (AvgIpc) is 2.54. The minimum Gasteiger partial charge on any atom is -0.394 e. The van der Waals surface area contributed by atoms with E-state index in [0.717, 1.165) is 17.9 Å². The molecule has 0 aliphatic heterocycles. The largest absolute Gasteiger partial charge is 0.394 e. The third-order valence-corrected chi connectivity index (χ3v) is 4.41. The van der Waals surface area contributed by atoms with Crippen molar-refractivity contribution >= 4 is 5.91 Å². The number of rotatable bonds is 7. The molecule has 1 fully saturated rings. The minimum absolute atomic E-state index is 0.00986. The summed E-state index contributed by atoms with van der Waals surface area (Å²) in [5, 5.41) is 12.4. The number of amides is 1. The number of hydrogen-bond acceptors (Lipinski definition) is 2. The SMILES string of the molecule is O=C(CCC1CCCCC1)NC(CO)Cc1ccccc1. The Bertz CT molecular complexity index is 412. The number of aliphatic hydroxyl groups is 1. The zero-order valence-corrected chi connectivity index (χ0v) is 12.8. The van der Waals surface area contributed by atoms with Crippen LogP contribution in [0.25, 0.3) is 0 Å². The Morgan fingerprint density at radius 1 is 1.19 bits per heavy atom. The number of benzene rings is 1. The summed E-state index contributed by atoms with van der Waals surface area (Å²) in [6.45, 7) is -0.00986. The van der Waals surface area contributed by atoms with Crippen LogP contribution in [-0.2, 0) is 11.2 Å². The fourth-order valence-electron chi connectivity index (χ4n) is 3.17. The molecule has 0 heterocycles. The van der Waals surface area contributed by atoms with Gasteiger partial charge in [-0.2, -0.15) is 0 Å². The van der Waals surface area contributed by atoms with Gasteiger partial charge in [0.15, 0.2) is 0 Å². The van der Waals surface area contributed by atoms with Gasteiger partial charge in [0.2, 0.25) is 5.91 Å². The van der Waals surface area contributed by atoms with Crippen LogP contribution >= 0.6 is 0 Å². The topological polar surface area (TPSA) is 49.3 Å². The van der Waals surface area contributed by atoms with Gasteiger partial charge >= 0.3 is 0 Å². The van der Waals surface area contributed by atoms with Crippen molar-refractivity contribution in [2.75, 3.05) is 6.61 Å². The first-order valence-corrected chi connectivity index (χ1v) is 8.22. The molecular weight excluding hydrogens is 262 g/mol. The van der Waals surface area contributed by atoms with E-state index in [1.54, 1.807) is 0 Å². The first kappa shape index (κ1) is 16.0. The molecule has 116 valence electrons. The fourth-order valence-corrected chi connectivity index (χ4v) is 3.17. The summed E-state index contributed by atoms with van der Waals surface area (Å²) < 4.78 is 0. The second-order valence-electron chi connectivity index (χ2n) is 6.18. The van der Waals surface area contributed by atoms with E-state index in [4.69, 9.17) is 0 Å². The van der Waals surface area contributed by atoms with Crippen LogP contribution in [0.15, 0.2) is 30.3 Å². The lowest BCUT2D eigenvalue weighted by atomic mass is 9.86. The van der Waals surface area contributed by atoms with Crippen molar-refractivity contribution in [3.05, 3.63) is 35.9 Å². The van der Waals surface area contributed by atoms with Crippen LogP contribution in [0.2, 0.25) is 0 Å². The van der Waals surface area contributed by atoms with Gasteiger partial charge in [0.05, 0.1) is 12.6 Å². The maximum absolute atomic E-state index is 12.0. The van der Waals surface area contributed by atoms with Crippen LogP contribution in [0.4, 0.5) is 0 Å². The second-order valence-corrected chi connectivity index (χ2v) is 6.18. The van der Waals surface area contributed by atoms with Gasteiger partial charge in [-0.05, 0) is 24.3 Å². The lowest BCUT2D eigenvalue weighted by molar-refractivity contribution is -0.122. The normalized spacial score (nSPS) is 17.4. The van der Waals surface area contributed by atoms with Crippen LogP contribution < -0.4 is 5.32 Å². The second kappa shape index (κ2) is 8.83. The molecule has 1 aromatic carbocycles. The molecule has 3 heteroatoms. The number of hydrogen-bond donors (Lipinski definition) is 2. The molecule has 2 N–H and O–H groups in total. The summed E-state index contributed by atoms with van der Waals surface area (Å²) in [7, 11) is 0. The zero-order chi connectivity index (χ0) is 14.9. The van der Waals surface area contributed by atoms with Gasteiger partial charge in [-0.3, -0.25) is 4.79 Å². The predicted molar refractivity (Wildman–Crippen MR) is 85.0 cm³/mol. The molecule has 1 atom stereocenters. The third-order valence-electron chi connectivity index (χ3n) is 4.41. The van der Waals surface area contributed by atoms with Crippen molar-refractivity contribution in [1.82, 2.24) is 5.32 Å². The van der Waals surface area contributed by atoms with E-state index in [-0.39, 0.29) is 18.6 Å². The van der Waals surface area contributed by atoms with Gasteiger partial charge in [0.25, 0.3) is 0 Å². The molecule has 0 saturated heterocycles. The van der Waals surface area contributed by atoms with Gasteiger partial charge in [-0.1, -0.05) is 62.4 Å². The standard InChI is InChI=1S/C18H27NO2/c20-14-17(13-16-9-5-2-6-10-16)19-18(21)12-11-15-7-3-1-4-8-15/h2,5-6,9-10,15,17,20H,1,3-4,7-8,11-14H2,(H,19,21). The third kappa shape index (κ3) is 5.88. The molecule has 0 spiro atoms. The maximum atomic E-state index is 12.0. The highest BCUT2D eigenvalue weighted by Crippen LogP contribution is 2.27. The van der Waals surface area contributed by atoms with E-state index in [1.165, 1.54) is 32.1 Å². The molecule has 0 radical (unpaired) electrons. The van der Waals surface area contributed by atoms with Gasteiger partial charge in [-0.25, -0.2) is 0 Å². The monoisotopic (exact) mass is 289 g/mol. The first-order chi connectivity index (χ1) is 10.3. The highest BCUT2D eigenvalue weighted by molar-refractivity contribution is 5.76. The van der Waals surface area contributed by atoms with Crippen LogP contribution in [0, 0.1) is 5.92 Å². The molecule has 21 heavy (non-hydrogen) atoms. The van der Waals surface area contributed by atoms with Crippen LogP contribution in [0.5, 0.6) is 0 Å². The Morgan fingerprint density at radius 3 is 2.57 bits per heavy atom. The molecule has 0 aromatic heterocycles. The van der Waals surface area contributed by atoms with E-state index in [1.807, 2.05) is 30.3 Å². The molecule has 2 rings (SSSR count). The molecule has 1 saturated carbocycles. The highest BCUT2D eigenvalue weighted by Gasteiger charge is 2.16. The molecule has 1 unspecified atom stereocenters. The van der Waals surface area contributed by atoms with Crippen LogP contribution in [0.1, 0.15) is 50.5 Å². The van der Waals surface area contributed by atoms with Crippen molar-refractivity contribution in [3.63, 3.8) is 0 Å². The molecule has 1 aliphatic rings. The van der Waals surface area contributed by atoms with Gasteiger partial charge in [0.1, 0.15) is 0 Å². The molecule has 0 bridgehead atoms. The number of aliphatic hydroxyl groups excluding tert-OH is 1. The summed E-state index contributed by atoms with van der Waals surface area (Å²) in [4.78, 5) is 12.0. The van der Waals surface area contributed by atoms with E-state index < -0.39 is 0 Å². The lowest BCUT2D eigenvalue weighted by Gasteiger charge is -2.22. The number of nitrogens with one attached hydrogen (secondary N) is 1. The zero-order valence-electron chi connectivity index (χ0n) is 12.8. The van der Waals surface area contributed by atoms with Gasteiger partial charge in [0, 0.05) is 6.42 Å². The quantitative estimate of drug-likeness (QED) is 0.810. The average molecular weight is 289 g/mol. The Kier molecular flexibility index (Phi) is 6.74. The van der Waals surface area contributed by atoms with E-state index >= 15 is 0 Å². The molecule has 1 amide bonds. The highest BCUT2D eigenvalue weighted by atomic mass is 16.3.